The summed E-state index contributed by atoms with van der Waals surface area (Å²) in [7, 11) is -3.58. The number of sulfonamides is 1. The molecular weight excluding hydrogens is 294 g/mol. The van der Waals surface area contributed by atoms with Crippen LogP contribution in [0.25, 0.3) is 0 Å². The molecule has 2 heterocycles. The Bertz CT molecular complexity index is 614. The highest BCUT2D eigenvalue weighted by Crippen LogP contribution is 2.29. The quantitative estimate of drug-likeness (QED) is 0.850. The van der Waals surface area contributed by atoms with Gasteiger partial charge in [-0.2, -0.15) is 4.31 Å². The molecule has 0 radical (unpaired) electrons. The zero-order valence-corrected chi connectivity index (χ0v) is 13.2. The minimum absolute atomic E-state index is 0.00350. The Balaban J connectivity index is 2.35. The van der Waals surface area contributed by atoms with Crippen LogP contribution in [-0.2, 0) is 10.0 Å². The molecule has 1 fully saturated rings. The molecule has 0 spiro atoms. The van der Waals surface area contributed by atoms with Gasteiger partial charge in [0.15, 0.2) is 0 Å². The second kappa shape index (κ2) is 5.75. The lowest BCUT2D eigenvalue weighted by Gasteiger charge is -2.19. The zero-order valence-electron chi connectivity index (χ0n) is 11.6. The van der Waals surface area contributed by atoms with E-state index in [0.717, 1.165) is 6.42 Å². The Hall–Kier alpha value is -1.05. The summed E-state index contributed by atoms with van der Waals surface area (Å²) in [5, 5.41) is 0. The van der Waals surface area contributed by atoms with Gasteiger partial charge in [0.2, 0.25) is 10.0 Å². The van der Waals surface area contributed by atoms with E-state index in [1.165, 1.54) is 16.6 Å². The van der Waals surface area contributed by atoms with Crippen LogP contribution >= 0.6 is 12.2 Å². The third kappa shape index (κ3) is 2.84. The molecule has 0 aliphatic carbocycles. The number of rotatable bonds is 4. The summed E-state index contributed by atoms with van der Waals surface area (Å²) in [4.78, 5) is 4.11. The lowest BCUT2D eigenvalue weighted by Crippen LogP contribution is -2.31. The number of nitrogens with zero attached hydrogens (tertiary/aromatic N) is 2. The highest BCUT2D eigenvalue weighted by molar-refractivity contribution is 7.89. The molecule has 1 aliphatic rings. The maximum absolute atomic E-state index is 12.7. The average Bonchev–Trinajstić information content (AvgIpc) is 2.89. The van der Waals surface area contributed by atoms with E-state index in [1.807, 2.05) is 0 Å². The third-order valence-electron chi connectivity index (χ3n) is 3.75. The maximum atomic E-state index is 12.7. The summed E-state index contributed by atoms with van der Waals surface area (Å²) in [5.41, 5.74) is 5.75. The van der Waals surface area contributed by atoms with Crippen molar-refractivity contribution >= 4 is 27.2 Å². The van der Waals surface area contributed by atoms with Crippen LogP contribution in [0.1, 0.15) is 26.0 Å². The summed E-state index contributed by atoms with van der Waals surface area (Å²) in [6, 6.07) is 3.10. The molecule has 7 heteroatoms. The van der Waals surface area contributed by atoms with Gasteiger partial charge in [0.25, 0.3) is 0 Å². The molecule has 110 valence electrons. The second-order valence-corrected chi connectivity index (χ2v) is 7.72. The molecule has 0 saturated carbocycles. The molecule has 0 amide bonds. The summed E-state index contributed by atoms with van der Waals surface area (Å²) in [6.45, 7) is 5.32. The topological polar surface area (TPSA) is 76.3 Å². The Labute approximate surface area is 125 Å². The van der Waals surface area contributed by atoms with E-state index in [0.29, 0.717) is 24.9 Å². The van der Waals surface area contributed by atoms with Crippen molar-refractivity contribution in [1.29, 1.82) is 0 Å². The van der Waals surface area contributed by atoms with Crippen LogP contribution in [0.4, 0.5) is 0 Å². The standard InChI is InChI=1S/C13H19N3O2S2/c1-9(2)10-5-7-16(8-10)20(17,18)11-4-3-6-15-12(11)13(14)19/h3-4,6,9-10H,5,7-8H2,1-2H3,(H2,14,19). The number of hydrogen-bond donors (Lipinski definition) is 1. The molecule has 1 aromatic heterocycles. The van der Waals surface area contributed by atoms with E-state index < -0.39 is 10.0 Å². The number of thiocarbonyl (C=S) groups is 1. The van der Waals surface area contributed by atoms with Gasteiger partial charge in [0.1, 0.15) is 15.6 Å². The molecule has 1 aliphatic heterocycles. The first-order chi connectivity index (χ1) is 9.34. The van der Waals surface area contributed by atoms with E-state index in [4.69, 9.17) is 18.0 Å². The first-order valence-corrected chi connectivity index (χ1v) is 8.44. The molecular formula is C13H19N3O2S2. The molecule has 1 aromatic rings. The van der Waals surface area contributed by atoms with Crippen LogP contribution in [-0.4, -0.2) is 35.8 Å². The molecule has 2 rings (SSSR count). The number of hydrogen-bond acceptors (Lipinski definition) is 4. The van der Waals surface area contributed by atoms with Gasteiger partial charge >= 0.3 is 0 Å². The van der Waals surface area contributed by atoms with Crippen molar-refractivity contribution < 1.29 is 8.42 Å². The first kappa shape index (κ1) is 15.3. The zero-order chi connectivity index (χ0) is 14.9. The summed E-state index contributed by atoms with van der Waals surface area (Å²) < 4.78 is 26.9. The van der Waals surface area contributed by atoms with Crippen molar-refractivity contribution in [2.75, 3.05) is 13.1 Å². The lowest BCUT2D eigenvalue weighted by atomic mass is 9.96. The fourth-order valence-corrected chi connectivity index (χ4v) is 4.34. The largest absolute Gasteiger partial charge is 0.388 e. The van der Waals surface area contributed by atoms with Gasteiger partial charge in [-0.25, -0.2) is 8.42 Å². The van der Waals surface area contributed by atoms with Crippen molar-refractivity contribution in [3.8, 4) is 0 Å². The molecule has 1 unspecified atom stereocenters. The van der Waals surface area contributed by atoms with Gasteiger partial charge in [-0.05, 0) is 30.4 Å². The second-order valence-electron chi connectivity index (χ2n) is 5.37. The Kier molecular flexibility index (Phi) is 4.41. The minimum Gasteiger partial charge on any atom is -0.388 e. The smallest absolute Gasteiger partial charge is 0.245 e. The molecule has 0 bridgehead atoms. The van der Waals surface area contributed by atoms with Crippen molar-refractivity contribution in [3.05, 3.63) is 24.0 Å². The monoisotopic (exact) mass is 313 g/mol. The molecule has 5 nitrogen and oxygen atoms in total. The van der Waals surface area contributed by atoms with Gasteiger partial charge < -0.3 is 5.73 Å². The fraction of sp³-hybridized carbons (Fsp3) is 0.538. The number of aromatic nitrogens is 1. The summed E-state index contributed by atoms with van der Waals surface area (Å²) in [6.07, 6.45) is 2.38. The van der Waals surface area contributed by atoms with Crippen molar-refractivity contribution in [2.24, 2.45) is 17.6 Å². The van der Waals surface area contributed by atoms with Gasteiger partial charge in [-0.15, -0.1) is 0 Å². The molecule has 1 atom stereocenters. The predicted molar refractivity (Wildman–Crippen MR) is 81.8 cm³/mol. The van der Waals surface area contributed by atoms with E-state index in [2.05, 4.69) is 18.8 Å². The average molecular weight is 313 g/mol. The van der Waals surface area contributed by atoms with Crippen molar-refractivity contribution in [3.63, 3.8) is 0 Å². The van der Waals surface area contributed by atoms with Gasteiger partial charge in [-0.3, -0.25) is 4.98 Å². The van der Waals surface area contributed by atoms with E-state index in [9.17, 15) is 8.42 Å². The molecule has 20 heavy (non-hydrogen) atoms. The van der Waals surface area contributed by atoms with Gasteiger partial charge in [-0.1, -0.05) is 26.1 Å². The summed E-state index contributed by atoms with van der Waals surface area (Å²) in [5.74, 6) is 0.869. The Morgan fingerprint density at radius 1 is 1.55 bits per heavy atom. The van der Waals surface area contributed by atoms with Crippen LogP contribution < -0.4 is 5.73 Å². The minimum atomic E-state index is -3.58. The molecule has 0 aromatic carbocycles. The van der Waals surface area contributed by atoms with Crippen molar-refractivity contribution in [1.82, 2.24) is 9.29 Å². The van der Waals surface area contributed by atoms with E-state index >= 15 is 0 Å². The first-order valence-electron chi connectivity index (χ1n) is 6.59. The van der Waals surface area contributed by atoms with Crippen LogP contribution in [0.2, 0.25) is 0 Å². The van der Waals surface area contributed by atoms with E-state index in [-0.39, 0.29) is 15.6 Å². The van der Waals surface area contributed by atoms with Crippen LogP contribution in [0, 0.1) is 11.8 Å². The van der Waals surface area contributed by atoms with Gasteiger partial charge in [0, 0.05) is 19.3 Å². The molecule has 1 saturated heterocycles. The molecule has 2 N–H and O–H groups in total. The Morgan fingerprint density at radius 3 is 2.80 bits per heavy atom. The Morgan fingerprint density at radius 2 is 2.25 bits per heavy atom. The third-order valence-corrected chi connectivity index (χ3v) is 5.84. The number of nitrogens with two attached hydrogens (primary N) is 1. The SMILES string of the molecule is CC(C)C1CCN(S(=O)(=O)c2cccnc2C(N)=S)C1. The van der Waals surface area contributed by atoms with E-state index in [1.54, 1.807) is 6.07 Å². The summed E-state index contributed by atoms with van der Waals surface area (Å²) >= 11 is 4.89. The highest BCUT2D eigenvalue weighted by atomic mass is 32.2. The van der Waals surface area contributed by atoms with Gasteiger partial charge in [0.05, 0.1) is 0 Å². The highest BCUT2D eigenvalue weighted by Gasteiger charge is 2.35. The van der Waals surface area contributed by atoms with Crippen LogP contribution in [0.3, 0.4) is 0 Å². The maximum Gasteiger partial charge on any atom is 0.245 e. The fourth-order valence-electron chi connectivity index (χ4n) is 2.44. The van der Waals surface area contributed by atoms with Crippen LogP contribution in [0.5, 0.6) is 0 Å². The van der Waals surface area contributed by atoms with Crippen LogP contribution in [0.15, 0.2) is 23.2 Å². The normalized spacial score (nSPS) is 20.4. The number of pyridine rings is 1. The lowest BCUT2D eigenvalue weighted by molar-refractivity contribution is 0.388. The predicted octanol–water partition coefficient (Wildman–Crippen LogP) is 1.38. The van der Waals surface area contributed by atoms with Crippen molar-refractivity contribution in [2.45, 2.75) is 25.2 Å².